The smallest absolute Gasteiger partial charge is 0.263 e. The summed E-state index contributed by atoms with van der Waals surface area (Å²) in [4.78, 5) is 32.8. The Morgan fingerprint density at radius 3 is 2.94 bits per heavy atom. The van der Waals surface area contributed by atoms with Gasteiger partial charge in [-0.2, -0.15) is 5.26 Å². The molecule has 1 atom stereocenters. The van der Waals surface area contributed by atoms with Gasteiger partial charge in [-0.1, -0.05) is 44.0 Å². The van der Waals surface area contributed by atoms with Crippen molar-refractivity contribution < 1.29 is 4.79 Å². The summed E-state index contributed by atoms with van der Waals surface area (Å²) >= 11 is 2.87. The van der Waals surface area contributed by atoms with Crippen LogP contribution in [-0.4, -0.2) is 26.8 Å². The summed E-state index contributed by atoms with van der Waals surface area (Å²) in [5, 5.41) is 13.8. The zero-order chi connectivity index (χ0) is 22.0. The van der Waals surface area contributed by atoms with E-state index in [0.717, 1.165) is 54.3 Å². The van der Waals surface area contributed by atoms with Gasteiger partial charge >= 0.3 is 0 Å². The standard InChI is InChI=1S/C23H28N4O2S2/c1-3-11-27-21(29)19-16-8-7-15(2)12-17(16)31-20(19)25-22(27)30-13-18(28)26-23(14-24)9-5-4-6-10-23/h3,15H,1,4-13H2,2H3,(H,26,28)/t15-/m0/s1. The van der Waals surface area contributed by atoms with Crippen molar-refractivity contribution in [3.05, 3.63) is 33.4 Å². The fourth-order valence-electron chi connectivity index (χ4n) is 4.66. The molecule has 1 amide bonds. The number of hydrogen-bond donors (Lipinski definition) is 1. The van der Waals surface area contributed by atoms with Crippen LogP contribution in [0.25, 0.3) is 10.2 Å². The van der Waals surface area contributed by atoms with E-state index in [1.165, 1.54) is 16.6 Å². The molecule has 0 spiro atoms. The summed E-state index contributed by atoms with van der Waals surface area (Å²) in [6.07, 6.45) is 9.12. The van der Waals surface area contributed by atoms with Gasteiger partial charge in [0.2, 0.25) is 5.91 Å². The molecule has 8 heteroatoms. The van der Waals surface area contributed by atoms with Crippen LogP contribution in [0.4, 0.5) is 0 Å². The Morgan fingerprint density at radius 1 is 1.45 bits per heavy atom. The molecule has 0 unspecified atom stereocenters. The lowest BCUT2D eigenvalue weighted by Crippen LogP contribution is -2.49. The van der Waals surface area contributed by atoms with Gasteiger partial charge in [-0.05, 0) is 43.6 Å². The van der Waals surface area contributed by atoms with Crippen molar-refractivity contribution in [1.29, 1.82) is 5.26 Å². The summed E-state index contributed by atoms with van der Waals surface area (Å²) in [7, 11) is 0. The molecule has 0 bridgehead atoms. The van der Waals surface area contributed by atoms with Gasteiger partial charge in [-0.25, -0.2) is 4.98 Å². The van der Waals surface area contributed by atoms with Gasteiger partial charge in [-0.15, -0.1) is 17.9 Å². The molecule has 0 aromatic carbocycles. The lowest BCUT2D eigenvalue weighted by Gasteiger charge is -2.31. The molecule has 1 fully saturated rings. The molecular formula is C23H28N4O2S2. The normalized spacial score (nSPS) is 20.1. The fourth-order valence-corrected chi connectivity index (χ4v) is 6.89. The van der Waals surface area contributed by atoms with Crippen molar-refractivity contribution in [2.24, 2.45) is 5.92 Å². The molecule has 0 radical (unpaired) electrons. The number of nitrogens with zero attached hydrogens (tertiary/aromatic N) is 3. The third-order valence-corrected chi connectivity index (χ3v) is 8.45. The molecule has 31 heavy (non-hydrogen) atoms. The van der Waals surface area contributed by atoms with E-state index in [2.05, 4.69) is 24.9 Å². The molecule has 6 nitrogen and oxygen atoms in total. The highest BCUT2D eigenvalue weighted by molar-refractivity contribution is 7.99. The molecule has 0 aliphatic heterocycles. The summed E-state index contributed by atoms with van der Waals surface area (Å²) in [5.41, 5.74) is 0.369. The van der Waals surface area contributed by atoms with E-state index in [4.69, 9.17) is 4.98 Å². The Kier molecular flexibility index (Phi) is 6.54. The number of amides is 1. The quantitative estimate of drug-likeness (QED) is 0.400. The zero-order valence-corrected chi connectivity index (χ0v) is 19.5. The monoisotopic (exact) mass is 456 g/mol. The van der Waals surface area contributed by atoms with Gasteiger partial charge in [0.05, 0.1) is 17.2 Å². The third-order valence-electron chi connectivity index (χ3n) is 6.32. The molecule has 4 rings (SSSR count). The lowest BCUT2D eigenvalue weighted by atomic mass is 9.83. The number of carbonyl (C=O) groups excluding carboxylic acids is 1. The van der Waals surface area contributed by atoms with Gasteiger partial charge in [0.15, 0.2) is 5.16 Å². The molecule has 2 heterocycles. The van der Waals surface area contributed by atoms with E-state index in [-0.39, 0.29) is 17.2 Å². The number of nitriles is 1. The molecule has 2 aromatic heterocycles. The van der Waals surface area contributed by atoms with Gasteiger partial charge in [-0.3, -0.25) is 14.2 Å². The number of thiophene rings is 1. The maximum Gasteiger partial charge on any atom is 0.263 e. The van der Waals surface area contributed by atoms with Gasteiger partial charge in [0.25, 0.3) is 5.56 Å². The number of nitrogens with one attached hydrogen (secondary N) is 1. The van der Waals surface area contributed by atoms with Crippen LogP contribution in [0.15, 0.2) is 22.6 Å². The third kappa shape index (κ3) is 4.44. The average Bonchev–Trinajstić information content (AvgIpc) is 3.12. The summed E-state index contributed by atoms with van der Waals surface area (Å²) in [5.74, 6) is 0.564. The predicted molar refractivity (Wildman–Crippen MR) is 126 cm³/mol. The summed E-state index contributed by atoms with van der Waals surface area (Å²) in [6.45, 7) is 6.39. The highest BCUT2D eigenvalue weighted by Gasteiger charge is 2.33. The van der Waals surface area contributed by atoms with Crippen LogP contribution >= 0.6 is 23.1 Å². The van der Waals surface area contributed by atoms with Crippen LogP contribution in [0, 0.1) is 17.2 Å². The van der Waals surface area contributed by atoms with E-state index >= 15 is 0 Å². The number of carbonyl (C=O) groups is 1. The van der Waals surface area contributed by atoms with Crippen molar-refractivity contribution in [1.82, 2.24) is 14.9 Å². The van der Waals surface area contributed by atoms with Crippen molar-refractivity contribution in [3.63, 3.8) is 0 Å². The molecule has 2 aliphatic rings. The first-order valence-corrected chi connectivity index (χ1v) is 12.8. The Morgan fingerprint density at radius 2 is 2.23 bits per heavy atom. The number of hydrogen-bond acceptors (Lipinski definition) is 6. The van der Waals surface area contributed by atoms with Crippen LogP contribution in [0.1, 0.15) is 55.9 Å². The SMILES string of the molecule is C=CCn1c(SCC(=O)NC2(C#N)CCCCC2)nc2sc3c(c2c1=O)CC[C@H](C)C3. The second-order valence-corrected chi connectivity index (χ2v) is 10.7. The first-order chi connectivity index (χ1) is 15.0. The van der Waals surface area contributed by atoms with E-state index in [9.17, 15) is 14.9 Å². The van der Waals surface area contributed by atoms with E-state index in [1.54, 1.807) is 22.0 Å². The van der Waals surface area contributed by atoms with Gasteiger partial charge in [0, 0.05) is 11.4 Å². The fraction of sp³-hybridized carbons (Fsp3) is 0.565. The van der Waals surface area contributed by atoms with Crippen LogP contribution < -0.4 is 10.9 Å². The van der Waals surface area contributed by atoms with Gasteiger partial charge in [0.1, 0.15) is 10.4 Å². The number of aryl methyl sites for hydroxylation is 1. The largest absolute Gasteiger partial charge is 0.337 e. The predicted octanol–water partition coefficient (Wildman–Crippen LogP) is 4.20. The number of fused-ring (bicyclic) bond motifs is 3. The van der Waals surface area contributed by atoms with Crippen molar-refractivity contribution in [3.8, 4) is 6.07 Å². The van der Waals surface area contributed by atoms with E-state index in [1.807, 2.05) is 0 Å². The van der Waals surface area contributed by atoms with Crippen molar-refractivity contribution in [2.45, 2.75) is 75.5 Å². The molecule has 1 N–H and O–H groups in total. The molecule has 2 aliphatic carbocycles. The van der Waals surface area contributed by atoms with E-state index < -0.39 is 5.54 Å². The molecule has 2 aromatic rings. The first-order valence-electron chi connectivity index (χ1n) is 11.0. The van der Waals surface area contributed by atoms with Crippen LogP contribution in [-0.2, 0) is 24.2 Å². The maximum atomic E-state index is 13.3. The Hall–Kier alpha value is -2.11. The molecular weight excluding hydrogens is 428 g/mol. The summed E-state index contributed by atoms with van der Waals surface area (Å²) < 4.78 is 1.62. The second kappa shape index (κ2) is 9.17. The number of thioether (sulfide) groups is 1. The van der Waals surface area contributed by atoms with Crippen molar-refractivity contribution >= 4 is 39.2 Å². The topological polar surface area (TPSA) is 87.8 Å². The summed E-state index contributed by atoms with van der Waals surface area (Å²) in [6, 6.07) is 2.32. The minimum atomic E-state index is -0.752. The van der Waals surface area contributed by atoms with Crippen LogP contribution in [0.3, 0.4) is 0 Å². The second-order valence-electron chi connectivity index (χ2n) is 8.72. The first kappa shape index (κ1) is 22.1. The number of aromatic nitrogens is 2. The Balaban J connectivity index is 1.59. The molecule has 164 valence electrons. The Bertz CT molecular complexity index is 1110. The number of rotatable bonds is 6. The van der Waals surface area contributed by atoms with Gasteiger partial charge < -0.3 is 5.32 Å². The molecule has 1 saturated carbocycles. The molecule has 0 saturated heterocycles. The zero-order valence-electron chi connectivity index (χ0n) is 17.9. The highest BCUT2D eigenvalue weighted by Crippen LogP contribution is 2.36. The van der Waals surface area contributed by atoms with Crippen LogP contribution in [0.2, 0.25) is 0 Å². The van der Waals surface area contributed by atoms with E-state index in [0.29, 0.717) is 30.5 Å². The highest BCUT2D eigenvalue weighted by atomic mass is 32.2. The minimum absolute atomic E-state index is 0.0411. The van der Waals surface area contributed by atoms with Crippen LogP contribution in [0.5, 0.6) is 0 Å². The maximum absolute atomic E-state index is 13.3. The van der Waals surface area contributed by atoms with Crippen molar-refractivity contribution in [2.75, 3.05) is 5.75 Å². The number of allylic oxidation sites excluding steroid dienone is 1. The Labute approximate surface area is 190 Å². The lowest BCUT2D eigenvalue weighted by molar-refractivity contribution is -0.120. The minimum Gasteiger partial charge on any atom is -0.337 e. The average molecular weight is 457 g/mol.